The van der Waals surface area contributed by atoms with Crippen molar-refractivity contribution >= 4 is 11.8 Å². The second-order valence-electron chi connectivity index (χ2n) is 4.24. The maximum Gasteiger partial charge on any atom is 0.338 e. The van der Waals surface area contributed by atoms with E-state index in [1.54, 1.807) is 30.3 Å². The van der Waals surface area contributed by atoms with E-state index >= 15 is 0 Å². The summed E-state index contributed by atoms with van der Waals surface area (Å²) in [7, 11) is 1.20. The van der Waals surface area contributed by atoms with Crippen LogP contribution in [0.4, 0.5) is 0 Å². The van der Waals surface area contributed by atoms with Gasteiger partial charge in [-0.2, -0.15) is 0 Å². The minimum Gasteiger partial charge on any atom is -0.467 e. The van der Waals surface area contributed by atoms with E-state index in [0.717, 1.165) is 0 Å². The van der Waals surface area contributed by atoms with Crippen LogP contribution >= 0.6 is 0 Å². The summed E-state index contributed by atoms with van der Waals surface area (Å²) >= 11 is 0. The van der Waals surface area contributed by atoms with Gasteiger partial charge in [0.25, 0.3) is 0 Å². The van der Waals surface area contributed by atoms with Gasteiger partial charge in [0.15, 0.2) is 11.4 Å². The fourth-order valence-corrected chi connectivity index (χ4v) is 1.86. The van der Waals surface area contributed by atoms with Crippen LogP contribution in [-0.2, 0) is 9.53 Å². The maximum atomic E-state index is 12.0. The Balaban J connectivity index is 2.85. The summed E-state index contributed by atoms with van der Waals surface area (Å²) < 4.78 is 4.56. The Hall–Kier alpha value is -1.68. The molecular formula is C14H18O4. The van der Waals surface area contributed by atoms with Crippen molar-refractivity contribution in [2.24, 2.45) is 0 Å². The van der Waals surface area contributed by atoms with Gasteiger partial charge < -0.3 is 9.84 Å². The van der Waals surface area contributed by atoms with Crippen LogP contribution in [-0.4, -0.2) is 29.6 Å². The van der Waals surface area contributed by atoms with Crippen molar-refractivity contribution in [3.63, 3.8) is 0 Å². The average Bonchev–Trinajstić information content (AvgIpc) is 2.39. The number of carbonyl (C=O) groups is 2. The maximum absolute atomic E-state index is 12.0. The first kappa shape index (κ1) is 14.4. The van der Waals surface area contributed by atoms with Crippen molar-refractivity contribution in [2.45, 2.75) is 31.8 Å². The molecule has 18 heavy (non-hydrogen) atoms. The molecule has 0 bridgehead atoms. The zero-order valence-corrected chi connectivity index (χ0v) is 10.7. The highest BCUT2D eigenvalue weighted by molar-refractivity contribution is 5.99. The highest BCUT2D eigenvalue weighted by Gasteiger charge is 2.38. The molecule has 4 heteroatoms. The van der Waals surface area contributed by atoms with E-state index in [-0.39, 0.29) is 18.6 Å². The minimum absolute atomic E-state index is 0.207. The highest BCUT2D eigenvalue weighted by atomic mass is 16.5. The quantitative estimate of drug-likeness (QED) is 0.619. The van der Waals surface area contributed by atoms with Gasteiger partial charge in [0, 0.05) is 5.56 Å². The topological polar surface area (TPSA) is 63.6 Å². The largest absolute Gasteiger partial charge is 0.467 e. The Morgan fingerprint density at radius 3 is 2.39 bits per heavy atom. The fourth-order valence-electron chi connectivity index (χ4n) is 1.86. The summed E-state index contributed by atoms with van der Waals surface area (Å²) in [4.78, 5) is 23.6. The van der Waals surface area contributed by atoms with Crippen LogP contribution in [0.2, 0.25) is 0 Å². The predicted octanol–water partition coefficient (Wildman–Crippen LogP) is 1.96. The number of esters is 1. The number of carbonyl (C=O) groups excluding carboxylic acids is 2. The fraction of sp³-hybridized carbons (Fsp3) is 0.429. The van der Waals surface area contributed by atoms with Gasteiger partial charge in [0.1, 0.15) is 0 Å². The van der Waals surface area contributed by atoms with E-state index < -0.39 is 11.6 Å². The van der Waals surface area contributed by atoms with E-state index in [2.05, 4.69) is 4.74 Å². The van der Waals surface area contributed by atoms with Gasteiger partial charge in [-0.3, -0.25) is 4.79 Å². The number of Topliss-reactive ketones (excluding diaryl/α,β-unsaturated/α-hetero) is 1. The monoisotopic (exact) mass is 250 g/mol. The lowest BCUT2D eigenvalue weighted by Gasteiger charge is -2.23. The summed E-state index contributed by atoms with van der Waals surface area (Å²) in [6.45, 7) is 1.83. The SMILES string of the molecule is CCCC(O)(CC(=O)c1ccccc1)C(=O)OC. The van der Waals surface area contributed by atoms with Crippen LogP contribution in [0.1, 0.15) is 36.5 Å². The summed E-state index contributed by atoms with van der Waals surface area (Å²) in [6.07, 6.45) is 0.545. The van der Waals surface area contributed by atoms with Crippen LogP contribution in [0.3, 0.4) is 0 Å². The molecule has 0 saturated carbocycles. The predicted molar refractivity (Wildman–Crippen MR) is 67.3 cm³/mol. The van der Waals surface area contributed by atoms with Crippen LogP contribution < -0.4 is 0 Å². The third kappa shape index (κ3) is 3.40. The minimum atomic E-state index is -1.73. The molecule has 0 spiro atoms. The molecule has 0 aromatic heterocycles. The van der Waals surface area contributed by atoms with Crippen LogP contribution in [0.5, 0.6) is 0 Å². The third-order valence-corrected chi connectivity index (χ3v) is 2.78. The zero-order chi connectivity index (χ0) is 13.6. The molecule has 0 heterocycles. The van der Waals surface area contributed by atoms with E-state index in [4.69, 9.17) is 0 Å². The number of methoxy groups -OCH3 is 1. The second-order valence-corrected chi connectivity index (χ2v) is 4.24. The van der Waals surface area contributed by atoms with Crippen molar-refractivity contribution in [3.8, 4) is 0 Å². The molecule has 1 N–H and O–H groups in total. The molecule has 0 radical (unpaired) electrons. The summed E-state index contributed by atoms with van der Waals surface area (Å²) in [6, 6.07) is 8.60. The van der Waals surface area contributed by atoms with Crippen molar-refractivity contribution < 1.29 is 19.4 Å². The van der Waals surface area contributed by atoms with Gasteiger partial charge in [-0.05, 0) is 6.42 Å². The van der Waals surface area contributed by atoms with Crippen molar-refractivity contribution in [1.29, 1.82) is 0 Å². The van der Waals surface area contributed by atoms with Gasteiger partial charge >= 0.3 is 5.97 Å². The standard InChI is InChI=1S/C14H18O4/c1-3-9-14(17,13(16)18-2)10-12(15)11-7-5-4-6-8-11/h4-8,17H,3,9-10H2,1-2H3. The number of ether oxygens (including phenoxy) is 1. The molecule has 0 fully saturated rings. The van der Waals surface area contributed by atoms with Crippen LogP contribution in [0.15, 0.2) is 30.3 Å². The molecule has 0 aliphatic heterocycles. The lowest BCUT2D eigenvalue weighted by molar-refractivity contribution is -0.162. The Bertz CT molecular complexity index is 413. The Morgan fingerprint density at radius 1 is 1.28 bits per heavy atom. The van der Waals surface area contributed by atoms with E-state index in [0.29, 0.717) is 12.0 Å². The molecule has 0 amide bonds. The summed E-state index contributed by atoms with van der Waals surface area (Å²) in [5, 5.41) is 10.2. The molecule has 98 valence electrons. The molecule has 1 unspecified atom stereocenters. The summed E-state index contributed by atoms with van der Waals surface area (Å²) in [5.41, 5.74) is -1.24. The number of benzene rings is 1. The number of aliphatic hydroxyl groups is 1. The molecule has 1 aromatic rings. The molecule has 1 atom stereocenters. The molecule has 1 rings (SSSR count). The second kappa shape index (κ2) is 6.31. The van der Waals surface area contributed by atoms with Gasteiger partial charge in [0.05, 0.1) is 13.5 Å². The van der Waals surface area contributed by atoms with Crippen LogP contribution in [0, 0.1) is 0 Å². The van der Waals surface area contributed by atoms with E-state index in [9.17, 15) is 14.7 Å². The first-order valence-corrected chi connectivity index (χ1v) is 5.92. The smallest absolute Gasteiger partial charge is 0.338 e. The zero-order valence-electron chi connectivity index (χ0n) is 10.7. The van der Waals surface area contributed by atoms with E-state index in [1.165, 1.54) is 7.11 Å². The first-order valence-electron chi connectivity index (χ1n) is 5.92. The summed E-state index contributed by atoms with van der Waals surface area (Å²) in [5.74, 6) is -1.02. The number of rotatable bonds is 6. The van der Waals surface area contributed by atoms with Crippen LogP contribution in [0.25, 0.3) is 0 Å². The molecule has 0 aliphatic carbocycles. The Kier molecular flexibility index (Phi) is 5.04. The van der Waals surface area contributed by atoms with Gasteiger partial charge in [-0.1, -0.05) is 43.7 Å². The Labute approximate surface area is 107 Å². The molecule has 1 aromatic carbocycles. The highest BCUT2D eigenvalue weighted by Crippen LogP contribution is 2.22. The molecule has 4 nitrogen and oxygen atoms in total. The first-order chi connectivity index (χ1) is 8.53. The number of hydrogen-bond acceptors (Lipinski definition) is 4. The number of ketones is 1. The average molecular weight is 250 g/mol. The van der Waals surface area contributed by atoms with Gasteiger partial charge in [-0.15, -0.1) is 0 Å². The van der Waals surface area contributed by atoms with Crippen molar-refractivity contribution in [1.82, 2.24) is 0 Å². The Morgan fingerprint density at radius 2 is 1.89 bits per heavy atom. The lowest BCUT2D eigenvalue weighted by atomic mass is 9.90. The van der Waals surface area contributed by atoms with Crippen molar-refractivity contribution in [2.75, 3.05) is 7.11 Å². The molecule has 0 aliphatic rings. The third-order valence-electron chi connectivity index (χ3n) is 2.78. The molecule has 0 saturated heterocycles. The molecular weight excluding hydrogens is 232 g/mol. The lowest BCUT2D eigenvalue weighted by Crippen LogP contribution is -2.41. The normalized spacial score (nSPS) is 13.7. The van der Waals surface area contributed by atoms with Crippen molar-refractivity contribution in [3.05, 3.63) is 35.9 Å². The van der Waals surface area contributed by atoms with E-state index in [1.807, 2.05) is 6.92 Å². The van der Waals surface area contributed by atoms with Gasteiger partial charge in [-0.25, -0.2) is 4.79 Å². The van der Waals surface area contributed by atoms with Gasteiger partial charge in [0.2, 0.25) is 0 Å². The number of hydrogen-bond donors (Lipinski definition) is 1.